The molecule has 0 saturated heterocycles. The molecule has 164 valence electrons. The molecule has 4 rings (SSSR count). The number of benzene rings is 2. The standard InChI is InChI=1S/C23H23Cl2FN2O3/c24-16-2-6-21-15(10-16)11-22(31-21)23(29)28-17-3-1-14(9-17)13-27-7-8-30-18-4-5-19(25)20(26)12-18/h2,4-6,10-12,14,17,27H,1,3,7-9,13H2,(H,28,29). The molecular weight excluding hydrogens is 442 g/mol. The van der Waals surface area contributed by atoms with Gasteiger partial charge in [0.25, 0.3) is 5.91 Å². The monoisotopic (exact) mass is 464 g/mol. The Hall–Kier alpha value is -2.28. The fraction of sp³-hybridized carbons (Fsp3) is 0.348. The number of hydrogen-bond donors (Lipinski definition) is 2. The molecule has 2 aromatic carbocycles. The van der Waals surface area contributed by atoms with Gasteiger partial charge in [0.05, 0.1) is 5.02 Å². The van der Waals surface area contributed by atoms with Crippen molar-refractivity contribution < 1.29 is 18.3 Å². The lowest BCUT2D eigenvalue weighted by atomic mass is 10.1. The molecular formula is C23H23Cl2FN2O3. The maximum Gasteiger partial charge on any atom is 0.287 e. The van der Waals surface area contributed by atoms with Crippen LogP contribution in [-0.2, 0) is 0 Å². The summed E-state index contributed by atoms with van der Waals surface area (Å²) in [6, 6.07) is 11.5. The number of furan rings is 1. The molecule has 1 aliphatic carbocycles. The Morgan fingerprint density at radius 3 is 2.87 bits per heavy atom. The molecule has 1 aliphatic rings. The minimum Gasteiger partial charge on any atom is -0.492 e. The van der Waals surface area contributed by atoms with Crippen LogP contribution in [0.1, 0.15) is 29.8 Å². The SMILES string of the molecule is O=C(NC1CCC(CNCCOc2ccc(Cl)c(F)c2)C1)c1cc2cc(Cl)ccc2o1. The van der Waals surface area contributed by atoms with Gasteiger partial charge in [0, 0.05) is 29.1 Å². The summed E-state index contributed by atoms with van der Waals surface area (Å²) in [5.74, 6) is 0.551. The molecule has 31 heavy (non-hydrogen) atoms. The predicted octanol–water partition coefficient (Wildman–Crippen LogP) is 5.45. The summed E-state index contributed by atoms with van der Waals surface area (Å²) in [5, 5.41) is 7.94. The lowest BCUT2D eigenvalue weighted by Gasteiger charge is -2.14. The fourth-order valence-electron chi connectivity index (χ4n) is 3.89. The molecule has 5 nitrogen and oxygen atoms in total. The number of nitrogens with one attached hydrogen (secondary N) is 2. The zero-order valence-electron chi connectivity index (χ0n) is 16.8. The fourth-order valence-corrected chi connectivity index (χ4v) is 4.19. The van der Waals surface area contributed by atoms with Crippen LogP contribution in [0.4, 0.5) is 4.39 Å². The summed E-state index contributed by atoms with van der Waals surface area (Å²) in [6.45, 7) is 1.93. The largest absolute Gasteiger partial charge is 0.492 e. The van der Waals surface area contributed by atoms with Gasteiger partial charge >= 0.3 is 0 Å². The van der Waals surface area contributed by atoms with Gasteiger partial charge in [-0.1, -0.05) is 23.2 Å². The number of rotatable bonds is 8. The van der Waals surface area contributed by atoms with Crippen LogP contribution in [0.5, 0.6) is 5.75 Å². The minimum absolute atomic E-state index is 0.0815. The van der Waals surface area contributed by atoms with Crippen molar-refractivity contribution in [2.45, 2.75) is 25.3 Å². The van der Waals surface area contributed by atoms with Crippen molar-refractivity contribution in [2.75, 3.05) is 19.7 Å². The first-order valence-electron chi connectivity index (χ1n) is 10.3. The lowest BCUT2D eigenvalue weighted by Crippen LogP contribution is -2.33. The van der Waals surface area contributed by atoms with Gasteiger partial charge < -0.3 is 19.8 Å². The van der Waals surface area contributed by atoms with E-state index in [1.165, 1.54) is 12.1 Å². The summed E-state index contributed by atoms with van der Waals surface area (Å²) < 4.78 is 24.6. The molecule has 1 aromatic heterocycles. The maximum absolute atomic E-state index is 13.4. The third-order valence-electron chi connectivity index (χ3n) is 5.45. The molecule has 3 aromatic rings. The van der Waals surface area contributed by atoms with E-state index in [0.717, 1.165) is 31.2 Å². The van der Waals surface area contributed by atoms with Crippen molar-refractivity contribution in [3.05, 3.63) is 64.1 Å². The van der Waals surface area contributed by atoms with Crippen molar-refractivity contribution in [1.82, 2.24) is 10.6 Å². The van der Waals surface area contributed by atoms with Crippen molar-refractivity contribution in [2.24, 2.45) is 5.92 Å². The van der Waals surface area contributed by atoms with E-state index in [4.69, 9.17) is 32.4 Å². The van der Waals surface area contributed by atoms with Crippen LogP contribution in [0, 0.1) is 11.7 Å². The van der Waals surface area contributed by atoms with Gasteiger partial charge in [-0.05, 0) is 68.1 Å². The van der Waals surface area contributed by atoms with Gasteiger partial charge in [-0.25, -0.2) is 4.39 Å². The molecule has 1 saturated carbocycles. The molecule has 2 atom stereocenters. The number of carbonyl (C=O) groups is 1. The van der Waals surface area contributed by atoms with Crippen LogP contribution in [0.15, 0.2) is 46.9 Å². The lowest BCUT2D eigenvalue weighted by molar-refractivity contribution is 0.0911. The van der Waals surface area contributed by atoms with Gasteiger partial charge in [0.2, 0.25) is 0 Å². The summed E-state index contributed by atoms with van der Waals surface area (Å²) in [4.78, 5) is 12.5. The van der Waals surface area contributed by atoms with Crippen molar-refractivity contribution in [3.63, 3.8) is 0 Å². The summed E-state index contributed by atoms with van der Waals surface area (Å²) in [5.41, 5.74) is 0.645. The normalized spacial score (nSPS) is 18.4. The Kier molecular flexibility index (Phi) is 7.00. The van der Waals surface area contributed by atoms with Gasteiger partial charge in [-0.15, -0.1) is 0 Å². The molecule has 8 heteroatoms. The topological polar surface area (TPSA) is 63.5 Å². The van der Waals surface area contributed by atoms with Crippen molar-refractivity contribution in [1.29, 1.82) is 0 Å². The highest BCUT2D eigenvalue weighted by Gasteiger charge is 2.26. The van der Waals surface area contributed by atoms with Gasteiger partial charge in [0.15, 0.2) is 5.76 Å². The Labute approximate surface area is 189 Å². The van der Waals surface area contributed by atoms with E-state index in [0.29, 0.717) is 41.2 Å². The Morgan fingerprint density at radius 1 is 1.16 bits per heavy atom. The third kappa shape index (κ3) is 5.70. The molecule has 0 aliphatic heterocycles. The summed E-state index contributed by atoms with van der Waals surface area (Å²) in [6.07, 6.45) is 2.88. The smallest absolute Gasteiger partial charge is 0.287 e. The Balaban J connectivity index is 1.17. The number of carbonyl (C=O) groups excluding carboxylic acids is 1. The van der Waals surface area contributed by atoms with Crippen LogP contribution in [-0.4, -0.2) is 31.6 Å². The highest BCUT2D eigenvalue weighted by Crippen LogP contribution is 2.27. The van der Waals surface area contributed by atoms with E-state index >= 15 is 0 Å². The van der Waals surface area contributed by atoms with E-state index in [1.54, 1.807) is 30.3 Å². The van der Waals surface area contributed by atoms with Crippen LogP contribution in [0.25, 0.3) is 11.0 Å². The van der Waals surface area contributed by atoms with E-state index in [1.807, 2.05) is 0 Å². The highest BCUT2D eigenvalue weighted by atomic mass is 35.5. The number of halogens is 3. The third-order valence-corrected chi connectivity index (χ3v) is 5.99. The molecule has 0 spiro atoms. The van der Waals surface area contributed by atoms with E-state index in [9.17, 15) is 9.18 Å². The molecule has 2 unspecified atom stereocenters. The zero-order chi connectivity index (χ0) is 21.8. The van der Waals surface area contributed by atoms with Gasteiger partial charge in [-0.2, -0.15) is 0 Å². The number of fused-ring (bicyclic) bond motifs is 1. The molecule has 0 bridgehead atoms. The Morgan fingerprint density at radius 2 is 2.03 bits per heavy atom. The van der Waals surface area contributed by atoms with Crippen LogP contribution in [0.3, 0.4) is 0 Å². The number of ether oxygens (including phenoxy) is 1. The van der Waals surface area contributed by atoms with Crippen molar-refractivity contribution in [3.8, 4) is 5.75 Å². The maximum atomic E-state index is 13.4. The second-order valence-corrected chi connectivity index (χ2v) is 8.61. The second kappa shape index (κ2) is 9.90. The van der Waals surface area contributed by atoms with Gasteiger partial charge in [-0.3, -0.25) is 4.79 Å². The van der Waals surface area contributed by atoms with Crippen LogP contribution < -0.4 is 15.4 Å². The molecule has 1 amide bonds. The number of amides is 1. The quantitative estimate of drug-likeness (QED) is 0.435. The first-order valence-corrected chi connectivity index (χ1v) is 11.0. The molecule has 1 fully saturated rings. The van der Waals surface area contributed by atoms with E-state index in [-0.39, 0.29) is 17.0 Å². The zero-order valence-corrected chi connectivity index (χ0v) is 18.3. The van der Waals surface area contributed by atoms with Crippen LogP contribution >= 0.6 is 23.2 Å². The average Bonchev–Trinajstić information content (AvgIpc) is 3.36. The minimum atomic E-state index is -0.488. The van der Waals surface area contributed by atoms with E-state index < -0.39 is 5.82 Å². The first kappa shape index (κ1) is 21.9. The van der Waals surface area contributed by atoms with Gasteiger partial charge in [0.1, 0.15) is 23.8 Å². The van der Waals surface area contributed by atoms with Crippen LogP contribution in [0.2, 0.25) is 10.0 Å². The highest BCUT2D eigenvalue weighted by molar-refractivity contribution is 6.31. The van der Waals surface area contributed by atoms with E-state index in [2.05, 4.69) is 10.6 Å². The number of hydrogen-bond acceptors (Lipinski definition) is 4. The summed E-state index contributed by atoms with van der Waals surface area (Å²) >= 11 is 11.6. The molecule has 2 N–H and O–H groups in total. The average molecular weight is 465 g/mol. The summed E-state index contributed by atoms with van der Waals surface area (Å²) in [7, 11) is 0. The molecule has 1 heterocycles. The Bertz CT molecular complexity index is 1070. The predicted molar refractivity (Wildman–Crippen MR) is 120 cm³/mol. The van der Waals surface area contributed by atoms with Crippen molar-refractivity contribution >= 4 is 40.1 Å². The second-order valence-electron chi connectivity index (χ2n) is 7.77. The first-order chi connectivity index (χ1) is 15.0. The molecule has 0 radical (unpaired) electrons.